The number of benzene rings is 2. The number of esters is 1. The highest BCUT2D eigenvalue weighted by atomic mass is 16.6. The number of fused-ring (bicyclic) bond motifs is 1. The van der Waals surface area contributed by atoms with Crippen LogP contribution in [-0.4, -0.2) is 55.2 Å². The van der Waals surface area contributed by atoms with Crippen molar-refractivity contribution in [1.82, 2.24) is 4.90 Å². The van der Waals surface area contributed by atoms with E-state index < -0.39 is 29.1 Å². The van der Waals surface area contributed by atoms with Crippen molar-refractivity contribution in [3.05, 3.63) is 82.6 Å². The standard InChI is InChI=1S/C31H34N2O6/c1-19(34)22-17-23(28(35)38-6)27-31(15-16-32(26(22)31)29(36)39-30(2,3)4)24-9-7-8-10-25(24)33(27)18-20-11-13-21(37-5)14-12-20/h7-14,17,26H,15-16,18H2,1-6H3/t26-,31+/m0/s1. The highest BCUT2D eigenvalue weighted by molar-refractivity contribution is 6.04. The lowest BCUT2D eigenvalue weighted by atomic mass is 9.66. The fourth-order valence-corrected chi connectivity index (χ4v) is 6.21. The van der Waals surface area contributed by atoms with E-state index in [0.717, 1.165) is 28.3 Å². The number of Topliss-reactive ketones (excluding diaryl/α,β-unsaturated/α-hetero) is 1. The van der Waals surface area contributed by atoms with Gasteiger partial charge in [-0.05, 0) is 69.5 Å². The molecule has 2 aromatic rings. The lowest BCUT2D eigenvalue weighted by molar-refractivity contribution is -0.135. The maximum atomic E-state index is 13.5. The molecule has 2 atom stereocenters. The van der Waals surface area contributed by atoms with Crippen LogP contribution >= 0.6 is 0 Å². The number of carbonyl (C=O) groups excluding carboxylic acids is 3. The summed E-state index contributed by atoms with van der Waals surface area (Å²) in [4.78, 5) is 43.7. The van der Waals surface area contributed by atoms with E-state index in [-0.39, 0.29) is 5.78 Å². The Bertz CT molecular complexity index is 1400. The van der Waals surface area contributed by atoms with Gasteiger partial charge in [0, 0.05) is 30.0 Å². The number of carbonyl (C=O) groups is 3. The van der Waals surface area contributed by atoms with Gasteiger partial charge in [-0.15, -0.1) is 0 Å². The molecule has 8 nitrogen and oxygen atoms in total. The van der Waals surface area contributed by atoms with Gasteiger partial charge in [0.15, 0.2) is 5.78 Å². The molecule has 1 saturated heterocycles. The topological polar surface area (TPSA) is 85.4 Å². The summed E-state index contributed by atoms with van der Waals surface area (Å²) in [5, 5.41) is 0. The van der Waals surface area contributed by atoms with E-state index in [1.807, 2.05) is 69.3 Å². The Morgan fingerprint density at radius 2 is 1.72 bits per heavy atom. The molecule has 0 saturated carbocycles. The Kier molecular flexibility index (Phi) is 6.53. The average molecular weight is 531 g/mol. The third-order valence-electron chi connectivity index (χ3n) is 7.68. The maximum absolute atomic E-state index is 13.5. The quantitative estimate of drug-likeness (QED) is 0.508. The first-order valence-corrected chi connectivity index (χ1v) is 13.1. The number of anilines is 1. The molecule has 1 aliphatic carbocycles. The minimum absolute atomic E-state index is 0.207. The number of para-hydroxylation sites is 1. The maximum Gasteiger partial charge on any atom is 0.410 e. The number of rotatable bonds is 5. The van der Waals surface area contributed by atoms with Gasteiger partial charge in [-0.2, -0.15) is 0 Å². The molecule has 5 rings (SSSR count). The number of likely N-dealkylation sites (tertiary alicyclic amines) is 1. The Morgan fingerprint density at radius 3 is 2.33 bits per heavy atom. The molecular formula is C31H34N2O6. The Balaban J connectivity index is 1.74. The predicted octanol–water partition coefficient (Wildman–Crippen LogP) is 4.92. The summed E-state index contributed by atoms with van der Waals surface area (Å²) >= 11 is 0. The fraction of sp³-hybridized carbons (Fsp3) is 0.387. The van der Waals surface area contributed by atoms with E-state index in [1.54, 1.807) is 18.1 Å². The molecule has 0 aromatic heterocycles. The van der Waals surface area contributed by atoms with Gasteiger partial charge >= 0.3 is 12.1 Å². The number of hydrogen-bond donors (Lipinski definition) is 0. The van der Waals surface area contributed by atoms with E-state index in [9.17, 15) is 14.4 Å². The first-order valence-electron chi connectivity index (χ1n) is 13.1. The third kappa shape index (κ3) is 4.28. The van der Waals surface area contributed by atoms with Crippen molar-refractivity contribution in [2.75, 3.05) is 25.7 Å². The van der Waals surface area contributed by atoms with Crippen molar-refractivity contribution in [1.29, 1.82) is 0 Å². The lowest BCUT2D eigenvalue weighted by Crippen LogP contribution is -2.52. The molecule has 1 spiro atoms. The molecule has 0 unspecified atom stereocenters. The predicted molar refractivity (Wildman–Crippen MR) is 146 cm³/mol. The summed E-state index contributed by atoms with van der Waals surface area (Å²) < 4.78 is 16.4. The molecular weight excluding hydrogens is 496 g/mol. The van der Waals surface area contributed by atoms with Gasteiger partial charge in [-0.3, -0.25) is 9.69 Å². The zero-order chi connectivity index (χ0) is 28.1. The van der Waals surface area contributed by atoms with E-state index in [2.05, 4.69) is 4.90 Å². The Morgan fingerprint density at radius 1 is 1.03 bits per heavy atom. The lowest BCUT2D eigenvalue weighted by Gasteiger charge is -2.42. The molecule has 204 valence electrons. The zero-order valence-electron chi connectivity index (χ0n) is 23.2. The molecule has 0 bridgehead atoms. The summed E-state index contributed by atoms with van der Waals surface area (Å²) in [6, 6.07) is 15.1. The zero-order valence-corrected chi connectivity index (χ0v) is 23.2. The van der Waals surface area contributed by atoms with Crippen LogP contribution in [0.25, 0.3) is 0 Å². The summed E-state index contributed by atoms with van der Waals surface area (Å²) in [6.45, 7) is 7.78. The van der Waals surface area contributed by atoms with Crippen LogP contribution in [-0.2, 0) is 31.0 Å². The second kappa shape index (κ2) is 9.59. The van der Waals surface area contributed by atoms with Crippen molar-refractivity contribution in [2.24, 2.45) is 0 Å². The summed E-state index contributed by atoms with van der Waals surface area (Å²) in [6.07, 6.45) is 1.65. The summed E-state index contributed by atoms with van der Waals surface area (Å²) in [5.74, 6) is 0.0215. The third-order valence-corrected chi connectivity index (χ3v) is 7.68. The van der Waals surface area contributed by atoms with Crippen LogP contribution in [0.4, 0.5) is 10.5 Å². The molecule has 2 aliphatic heterocycles. The molecule has 8 heteroatoms. The monoisotopic (exact) mass is 530 g/mol. The van der Waals surface area contributed by atoms with E-state index in [4.69, 9.17) is 14.2 Å². The van der Waals surface area contributed by atoms with Crippen molar-refractivity contribution < 1.29 is 28.6 Å². The van der Waals surface area contributed by atoms with E-state index in [1.165, 1.54) is 14.0 Å². The van der Waals surface area contributed by atoms with Crippen LogP contribution in [0.1, 0.15) is 45.2 Å². The van der Waals surface area contributed by atoms with Crippen molar-refractivity contribution in [2.45, 2.75) is 57.7 Å². The largest absolute Gasteiger partial charge is 0.497 e. The smallest absolute Gasteiger partial charge is 0.410 e. The van der Waals surface area contributed by atoms with Gasteiger partial charge in [-0.25, -0.2) is 9.59 Å². The molecule has 3 aliphatic rings. The van der Waals surface area contributed by atoms with Gasteiger partial charge in [-0.1, -0.05) is 30.3 Å². The first kappa shape index (κ1) is 26.5. The molecule has 2 heterocycles. The van der Waals surface area contributed by atoms with Gasteiger partial charge in [0.25, 0.3) is 0 Å². The van der Waals surface area contributed by atoms with Crippen LogP contribution in [0.15, 0.2) is 71.5 Å². The van der Waals surface area contributed by atoms with E-state index in [0.29, 0.717) is 30.7 Å². The van der Waals surface area contributed by atoms with E-state index >= 15 is 0 Å². The molecule has 0 N–H and O–H groups in total. The minimum Gasteiger partial charge on any atom is -0.497 e. The Labute approximate surface area is 228 Å². The fourth-order valence-electron chi connectivity index (χ4n) is 6.21. The molecule has 1 fully saturated rings. The van der Waals surface area contributed by atoms with Gasteiger partial charge < -0.3 is 19.1 Å². The summed E-state index contributed by atoms with van der Waals surface area (Å²) in [5.41, 5.74) is 2.85. The second-order valence-corrected chi connectivity index (χ2v) is 11.2. The second-order valence-electron chi connectivity index (χ2n) is 11.2. The number of methoxy groups -OCH3 is 2. The molecule has 39 heavy (non-hydrogen) atoms. The van der Waals surface area contributed by atoms with Crippen LogP contribution in [0.2, 0.25) is 0 Å². The van der Waals surface area contributed by atoms with Crippen LogP contribution in [0, 0.1) is 0 Å². The average Bonchev–Trinajstić information content (AvgIpc) is 3.43. The summed E-state index contributed by atoms with van der Waals surface area (Å²) in [7, 11) is 2.97. The molecule has 2 aromatic carbocycles. The normalized spacial score (nSPS) is 21.6. The Hall–Kier alpha value is -4.07. The van der Waals surface area contributed by atoms with Crippen molar-refractivity contribution >= 4 is 23.5 Å². The number of hydrogen-bond acceptors (Lipinski definition) is 7. The van der Waals surface area contributed by atoms with Crippen molar-refractivity contribution in [3.63, 3.8) is 0 Å². The number of nitrogens with zero attached hydrogens (tertiary/aromatic N) is 2. The van der Waals surface area contributed by atoms with Crippen LogP contribution in [0.5, 0.6) is 5.75 Å². The highest BCUT2D eigenvalue weighted by Gasteiger charge is 2.63. The van der Waals surface area contributed by atoms with Gasteiger partial charge in [0.05, 0.1) is 31.2 Å². The molecule has 0 radical (unpaired) electrons. The van der Waals surface area contributed by atoms with Crippen LogP contribution < -0.4 is 9.64 Å². The molecule has 1 amide bonds. The van der Waals surface area contributed by atoms with Crippen molar-refractivity contribution in [3.8, 4) is 5.75 Å². The number of amides is 1. The highest BCUT2D eigenvalue weighted by Crippen LogP contribution is 2.60. The number of ketones is 1. The number of ether oxygens (including phenoxy) is 3. The minimum atomic E-state index is -0.820. The van der Waals surface area contributed by atoms with Gasteiger partial charge in [0.2, 0.25) is 0 Å². The SMILES string of the molecule is COC(=O)C1=C2N(Cc3ccc(OC)cc3)c3ccccc3[C@@]23CCN(C(=O)OC(C)(C)C)[C@H]3C(C(C)=O)=C1. The van der Waals surface area contributed by atoms with Crippen LogP contribution in [0.3, 0.4) is 0 Å². The first-order chi connectivity index (χ1) is 18.5. The van der Waals surface area contributed by atoms with Gasteiger partial charge in [0.1, 0.15) is 11.4 Å².